The van der Waals surface area contributed by atoms with Crippen molar-refractivity contribution in [2.24, 2.45) is 0 Å². The molecule has 90 valence electrons. The molecule has 1 aromatic carbocycles. The smallest absolute Gasteiger partial charge is 0.328 e. The predicted octanol–water partition coefficient (Wildman–Crippen LogP) is 3.10. The van der Waals surface area contributed by atoms with Gasteiger partial charge in [0.25, 0.3) is 0 Å². The maximum atomic E-state index is 12.0. The van der Waals surface area contributed by atoms with Gasteiger partial charge in [-0.2, -0.15) is 0 Å². The lowest BCUT2D eigenvalue weighted by Crippen LogP contribution is -2.41. The quantitative estimate of drug-likeness (QED) is 0.855. The van der Waals surface area contributed by atoms with E-state index in [0.29, 0.717) is 23.1 Å². The number of carbonyl (C=O) groups is 1. The Morgan fingerprint density at radius 2 is 2.06 bits per heavy atom. The number of urea groups is 1. The summed E-state index contributed by atoms with van der Waals surface area (Å²) in [6.07, 6.45) is 1.67. The first kappa shape index (κ1) is 11.0. The van der Waals surface area contributed by atoms with Crippen molar-refractivity contribution in [2.45, 2.75) is 6.54 Å². The molecule has 2 amide bonds. The van der Waals surface area contributed by atoms with Crippen LogP contribution >= 0.6 is 11.6 Å². The maximum Gasteiger partial charge on any atom is 0.328 e. The molecule has 1 aliphatic heterocycles. The van der Waals surface area contributed by atoms with E-state index in [1.54, 1.807) is 18.3 Å². The van der Waals surface area contributed by atoms with Gasteiger partial charge < -0.3 is 5.32 Å². The third kappa shape index (κ3) is 1.71. The monoisotopic (exact) mass is 259 g/mol. The minimum absolute atomic E-state index is 0.214. The molecule has 0 aliphatic carbocycles. The van der Waals surface area contributed by atoms with E-state index in [0.717, 1.165) is 5.56 Å². The van der Waals surface area contributed by atoms with Gasteiger partial charge in [0.1, 0.15) is 5.82 Å². The van der Waals surface area contributed by atoms with Gasteiger partial charge in [-0.15, -0.1) is 0 Å². The number of aromatic nitrogens is 1. The second-order valence-corrected chi connectivity index (χ2v) is 4.34. The van der Waals surface area contributed by atoms with Crippen LogP contribution in [0.5, 0.6) is 0 Å². The van der Waals surface area contributed by atoms with E-state index < -0.39 is 0 Å². The number of pyridine rings is 1. The number of halogens is 1. The van der Waals surface area contributed by atoms with Gasteiger partial charge in [-0.3, -0.25) is 0 Å². The molecule has 4 nitrogen and oxygen atoms in total. The molecule has 0 radical (unpaired) electrons. The van der Waals surface area contributed by atoms with Crippen LogP contribution in [-0.4, -0.2) is 11.0 Å². The predicted molar refractivity (Wildman–Crippen MR) is 70.1 cm³/mol. The van der Waals surface area contributed by atoms with Gasteiger partial charge >= 0.3 is 6.03 Å². The molecule has 2 aromatic rings. The number of fused-ring (bicyclic) bond motifs is 1. The molecule has 5 heteroatoms. The van der Waals surface area contributed by atoms with Crippen molar-refractivity contribution in [1.29, 1.82) is 0 Å². The maximum absolute atomic E-state index is 12.0. The number of nitrogens with one attached hydrogen (secondary N) is 1. The molecule has 0 unspecified atom stereocenters. The number of hydrogen-bond acceptors (Lipinski definition) is 2. The Hall–Kier alpha value is -2.07. The molecular formula is C13H10ClN3O. The Balaban J connectivity index is 2.17. The highest BCUT2D eigenvalue weighted by molar-refractivity contribution is 6.34. The lowest BCUT2D eigenvalue weighted by molar-refractivity contribution is 0.247. The zero-order valence-electron chi connectivity index (χ0n) is 9.43. The van der Waals surface area contributed by atoms with Crippen molar-refractivity contribution in [3.8, 4) is 0 Å². The first-order valence-electron chi connectivity index (χ1n) is 5.54. The molecular weight excluding hydrogens is 250 g/mol. The van der Waals surface area contributed by atoms with Crippen molar-refractivity contribution < 1.29 is 4.79 Å². The number of carbonyl (C=O) groups excluding carboxylic acids is 1. The first-order valence-corrected chi connectivity index (χ1v) is 5.91. The molecule has 18 heavy (non-hydrogen) atoms. The second-order valence-electron chi connectivity index (χ2n) is 3.93. The van der Waals surface area contributed by atoms with E-state index in [2.05, 4.69) is 10.3 Å². The fraction of sp³-hybridized carbons (Fsp3) is 0.0769. The Bertz CT molecular complexity index is 615. The summed E-state index contributed by atoms with van der Waals surface area (Å²) in [5, 5.41) is 3.32. The van der Waals surface area contributed by atoms with Gasteiger partial charge in [-0.1, -0.05) is 29.8 Å². The SMILES string of the molecule is O=C1NCc2cccnc2N1c1ccccc1Cl. The number of anilines is 2. The average Bonchev–Trinajstić information content (AvgIpc) is 2.40. The lowest BCUT2D eigenvalue weighted by atomic mass is 10.2. The summed E-state index contributed by atoms with van der Waals surface area (Å²) in [5.41, 5.74) is 1.60. The van der Waals surface area contributed by atoms with E-state index in [1.165, 1.54) is 4.90 Å². The van der Waals surface area contributed by atoms with Crippen LogP contribution < -0.4 is 10.2 Å². The molecule has 1 N–H and O–H groups in total. The lowest BCUT2D eigenvalue weighted by Gasteiger charge is -2.29. The van der Waals surface area contributed by atoms with Crippen LogP contribution in [0, 0.1) is 0 Å². The molecule has 0 bridgehead atoms. The third-order valence-electron chi connectivity index (χ3n) is 2.81. The highest BCUT2D eigenvalue weighted by Crippen LogP contribution is 2.34. The molecule has 0 spiro atoms. The van der Waals surface area contributed by atoms with Gasteiger partial charge in [0.2, 0.25) is 0 Å². The number of para-hydroxylation sites is 1. The molecule has 0 saturated carbocycles. The standard InChI is InChI=1S/C13H10ClN3O/c14-10-5-1-2-6-11(10)17-12-9(4-3-7-15-12)8-16-13(17)18/h1-7H,8H2,(H,16,18). The fourth-order valence-electron chi connectivity index (χ4n) is 1.97. The van der Waals surface area contributed by atoms with Gasteiger partial charge in [0.15, 0.2) is 0 Å². The summed E-state index contributed by atoms with van der Waals surface area (Å²) in [5.74, 6) is 0.634. The summed E-state index contributed by atoms with van der Waals surface area (Å²) in [6, 6.07) is 10.8. The summed E-state index contributed by atoms with van der Waals surface area (Å²) < 4.78 is 0. The van der Waals surface area contributed by atoms with E-state index >= 15 is 0 Å². The Morgan fingerprint density at radius 3 is 2.89 bits per heavy atom. The van der Waals surface area contributed by atoms with E-state index in [-0.39, 0.29) is 6.03 Å². The average molecular weight is 260 g/mol. The van der Waals surface area contributed by atoms with Gasteiger partial charge in [-0.25, -0.2) is 14.7 Å². The minimum Gasteiger partial charge on any atom is -0.333 e. The second kappa shape index (κ2) is 4.31. The largest absolute Gasteiger partial charge is 0.333 e. The number of rotatable bonds is 1. The van der Waals surface area contributed by atoms with Crippen LogP contribution in [0.3, 0.4) is 0 Å². The van der Waals surface area contributed by atoms with Crippen molar-refractivity contribution >= 4 is 29.1 Å². The third-order valence-corrected chi connectivity index (χ3v) is 3.13. The number of amides is 2. The van der Waals surface area contributed by atoms with Gasteiger partial charge in [0.05, 0.1) is 10.7 Å². The topological polar surface area (TPSA) is 45.2 Å². The Labute approximate surface area is 109 Å². The zero-order chi connectivity index (χ0) is 12.5. The summed E-state index contributed by atoms with van der Waals surface area (Å²) in [4.78, 5) is 17.8. The van der Waals surface area contributed by atoms with E-state index in [1.807, 2.05) is 24.3 Å². The van der Waals surface area contributed by atoms with Crippen molar-refractivity contribution in [3.63, 3.8) is 0 Å². The van der Waals surface area contributed by atoms with Crippen LogP contribution in [0.1, 0.15) is 5.56 Å². The first-order chi connectivity index (χ1) is 8.77. The fourth-order valence-corrected chi connectivity index (χ4v) is 2.19. The number of nitrogens with zero attached hydrogens (tertiary/aromatic N) is 2. The normalized spacial score (nSPS) is 14.1. The molecule has 2 heterocycles. The van der Waals surface area contributed by atoms with Crippen molar-refractivity contribution in [1.82, 2.24) is 10.3 Å². The Morgan fingerprint density at radius 1 is 1.22 bits per heavy atom. The number of benzene rings is 1. The number of hydrogen-bond donors (Lipinski definition) is 1. The molecule has 0 atom stereocenters. The van der Waals surface area contributed by atoms with Crippen LogP contribution in [0.25, 0.3) is 0 Å². The molecule has 0 fully saturated rings. The highest BCUT2D eigenvalue weighted by atomic mass is 35.5. The van der Waals surface area contributed by atoms with E-state index in [4.69, 9.17) is 11.6 Å². The highest BCUT2D eigenvalue weighted by Gasteiger charge is 2.27. The van der Waals surface area contributed by atoms with Crippen molar-refractivity contribution in [2.75, 3.05) is 4.90 Å². The van der Waals surface area contributed by atoms with Crippen LogP contribution in [0.2, 0.25) is 5.02 Å². The molecule has 3 rings (SSSR count). The molecule has 1 aromatic heterocycles. The minimum atomic E-state index is -0.214. The molecule has 1 aliphatic rings. The Kier molecular flexibility index (Phi) is 2.64. The summed E-state index contributed by atoms with van der Waals surface area (Å²) >= 11 is 6.14. The van der Waals surface area contributed by atoms with Gasteiger partial charge in [0, 0.05) is 18.3 Å². The van der Waals surface area contributed by atoms with Gasteiger partial charge in [-0.05, 0) is 18.2 Å². The summed E-state index contributed by atoms with van der Waals surface area (Å²) in [7, 11) is 0. The van der Waals surface area contributed by atoms with Crippen molar-refractivity contribution in [3.05, 3.63) is 53.2 Å². The van der Waals surface area contributed by atoms with E-state index in [9.17, 15) is 4.79 Å². The van der Waals surface area contributed by atoms with Crippen LogP contribution in [0.4, 0.5) is 16.3 Å². The van der Waals surface area contributed by atoms with Crippen LogP contribution in [0.15, 0.2) is 42.6 Å². The molecule has 0 saturated heterocycles. The zero-order valence-corrected chi connectivity index (χ0v) is 10.2. The summed E-state index contributed by atoms with van der Waals surface area (Å²) in [6.45, 7) is 0.489. The van der Waals surface area contributed by atoms with Crippen LogP contribution in [-0.2, 0) is 6.54 Å².